The number of nitrogens with zero attached hydrogens (tertiary/aromatic N) is 6. The average molecular weight is 300 g/mol. The van der Waals surface area contributed by atoms with Gasteiger partial charge in [0.2, 0.25) is 11.8 Å². The number of hydrogen-bond donors (Lipinski definition) is 0. The predicted octanol–water partition coefficient (Wildman–Crippen LogP) is 2.49. The number of rotatable bonds is 4. The van der Waals surface area contributed by atoms with Crippen molar-refractivity contribution in [2.24, 2.45) is 0 Å². The van der Waals surface area contributed by atoms with Crippen molar-refractivity contribution >= 4 is 11.5 Å². The van der Waals surface area contributed by atoms with E-state index in [0.717, 1.165) is 22.9 Å². The van der Waals surface area contributed by atoms with E-state index in [1.54, 1.807) is 6.92 Å². The first-order chi connectivity index (χ1) is 10.4. The fourth-order valence-corrected chi connectivity index (χ4v) is 2.34. The van der Waals surface area contributed by atoms with Crippen LogP contribution in [0.25, 0.3) is 5.65 Å². The van der Waals surface area contributed by atoms with Crippen LogP contribution in [0.2, 0.25) is 0 Å². The summed E-state index contributed by atoms with van der Waals surface area (Å²) in [6.45, 7) is 8.54. The van der Waals surface area contributed by atoms with E-state index in [2.05, 4.69) is 40.2 Å². The number of hydrogen-bond acceptors (Lipinski definition) is 6. The Bertz CT molecular complexity index is 804. The minimum Gasteiger partial charge on any atom is -0.424 e. The van der Waals surface area contributed by atoms with Gasteiger partial charge in [0.05, 0.1) is 12.2 Å². The molecule has 22 heavy (non-hydrogen) atoms. The first-order valence-electron chi connectivity index (χ1n) is 7.31. The van der Waals surface area contributed by atoms with Gasteiger partial charge in [-0.15, -0.1) is 10.2 Å². The van der Waals surface area contributed by atoms with Gasteiger partial charge in [-0.1, -0.05) is 13.8 Å². The summed E-state index contributed by atoms with van der Waals surface area (Å²) in [6, 6.07) is 4.05. The third-order valence-corrected chi connectivity index (χ3v) is 3.47. The first-order valence-corrected chi connectivity index (χ1v) is 7.31. The molecule has 0 bridgehead atoms. The largest absolute Gasteiger partial charge is 0.424 e. The molecule has 0 atom stereocenters. The van der Waals surface area contributed by atoms with Gasteiger partial charge < -0.3 is 9.32 Å². The van der Waals surface area contributed by atoms with Crippen LogP contribution in [0.1, 0.15) is 42.9 Å². The molecule has 0 aliphatic carbocycles. The van der Waals surface area contributed by atoms with Gasteiger partial charge in [-0.25, -0.2) is 4.98 Å². The van der Waals surface area contributed by atoms with Crippen molar-refractivity contribution < 1.29 is 4.42 Å². The highest BCUT2D eigenvalue weighted by molar-refractivity contribution is 5.52. The van der Waals surface area contributed by atoms with Gasteiger partial charge in [0, 0.05) is 31.8 Å². The molecule has 7 heteroatoms. The lowest BCUT2D eigenvalue weighted by molar-refractivity contribution is 0.465. The van der Waals surface area contributed by atoms with E-state index in [0.29, 0.717) is 24.2 Å². The lowest BCUT2D eigenvalue weighted by Gasteiger charge is -2.19. The summed E-state index contributed by atoms with van der Waals surface area (Å²) in [4.78, 5) is 6.71. The van der Waals surface area contributed by atoms with Crippen LogP contribution in [0.5, 0.6) is 0 Å². The number of aryl methyl sites for hydroxylation is 2. The van der Waals surface area contributed by atoms with Gasteiger partial charge in [-0.05, 0) is 12.8 Å². The molecule has 116 valence electrons. The topological polar surface area (TPSA) is 72.4 Å². The first kappa shape index (κ1) is 14.5. The summed E-state index contributed by atoms with van der Waals surface area (Å²) in [5.41, 5.74) is 2.83. The molecule has 3 aromatic rings. The van der Waals surface area contributed by atoms with Crippen LogP contribution in [0.3, 0.4) is 0 Å². The van der Waals surface area contributed by atoms with Crippen molar-refractivity contribution in [1.82, 2.24) is 24.8 Å². The summed E-state index contributed by atoms with van der Waals surface area (Å²) in [6.07, 6.45) is 0. The molecule has 3 heterocycles. The Hall–Kier alpha value is -2.44. The smallest absolute Gasteiger partial charge is 0.235 e. The third-order valence-electron chi connectivity index (χ3n) is 3.47. The molecule has 0 unspecified atom stereocenters. The average Bonchev–Trinajstić information content (AvgIpc) is 3.01. The maximum Gasteiger partial charge on any atom is 0.235 e. The summed E-state index contributed by atoms with van der Waals surface area (Å²) in [5, 5.41) is 12.4. The van der Waals surface area contributed by atoms with Gasteiger partial charge in [0.25, 0.3) is 0 Å². The maximum absolute atomic E-state index is 5.46. The zero-order valence-corrected chi connectivity index (χ0v) is 13.5. The quantitative estimate of drug-likeness (QED) is 0.737. The van der Waals surface area contributed by atoms with Crippen molar-refractivity contribution in [3.05, 3.63) is 35.3 Å². The van der Waals surface area contributed by atoms with Crippen molar-refractivity contribution in [2.45, 2.75) is 40.2 Å². The molecule has 0 aliphatic rings. The Morgan fingerprint density at radius 3 is 2.64 bits per heavy atom. The Morgan fingerprint density at radius 2 is 2.00 bits per heavy atom. The molecule has 0 radical (unpaired) electrons. The molecular weight excluding hydrogens is 280 g/mol. The van der Waals surface area contributed by atoms with Gasteiger partial charge >= 0.3 is 0 Å². The van der Waals surface area contributed by atoms with E-state index in [1.807, 2.05) is 29.5 Å². The SMILES string of the molecule is Cc1cc2nc(C(C)C)cc(N(C)Cc3nnc(C)o3)n2n1. The zero-order valence-electron chi connectivity index (χ0n) is 13.5. The van der Waals surface area contributed by atoms with E-state index in [1.165, 1.54) is 0 Å². The fourth-order valence-electron chi connectivity index (χ4n) is 2.34. The highest BCUT2D eigenvalue weighted by Crippen LogP contribution is 2.22. The molecule has 0 aromatic carbocycles. The summed E-state index contributed by atoms with van der Waals surface area (Å²) >= 11 is 0. The number of aromatic nitrogens is 5. The lowest BCUT2D eigenvalue weighted by atomic mass is 10.1. The second-order valence-electron chi connectivity index (χ2n) is 5.82. The van der Waals surface area contributed by atoms with Crippen molar-refractivity contribution in [1.29, 1.82) is 0 Å². The molecule has 0 N–H and O–H groups in total. The van der Waals surface area contributed by atoms with E-state index in [9.17, 15) is 0 Å². The van der Waals surface area contributed by atoms with Gasteiger partial charge in [-0.2, -0.15) is 9.61 Å². The van der Waals surface area contributed by atoms with Gasteiger partial charge in [-0.3, -0.25) is 0 Å². The van der Waals surface area contributed by atoms with E-state index in [4.69, 9.17) is 4.42 Å². The number of anilines is 1. The summed E-state index contributed by atoms with van der Waals surface area (Å²) in [7, 11) is 1.98. The second kappa shape index (κ2) is 5.40. The standard InChI is InChI=1S/C15H20N6O/c1-9(2)12-7-15(21-13(16-12)6-10(3)19-21)20(5)8-14-18-17-11(4)22-14/h6-7,9H,8H2,1-5H3. The Morgan fingerprint density at radius 1 is 1.23 bits per heavy atom. The van der Waals surface area contributed by atoms with Crippen molar-refractivity contribution in [3.63, 3.8) is 0 Å². The minimum absolute atomic E-state index is 0.345. The van der Waals surface area contributed by atoms with Crippen LogP contribution in [-0.4, -0.2) is 31.8 Å². The van der Waals surface area contributed by atoms with Gasteiger partial charge in [0.15, 0.2) is 5.65 Å². The predicted molar refractivity (Wildman–Crippen MR) is 83.0 cm³/mol. The lowest BCUT2D eigenvalue weighted by Crippen LogP contribution is -2.21. The van der Waals surface area contributed by atoms with Crippen molar-refractivity contribution in [3.8, 4) is 0 Å². The van der Waals surface area contributed by atoms with E-state index >= 15 is 0 Å². The van der Waals surface area contributed by atoms with Crippen LogP contribution in [0, 0.1) is 13.8 Å². The Balaban J connectivity index is 2.03. The van der Waals surface area contributed by atoms with Crippen LogP contribution in [-0.2, 0) is 6.54 Å². The third kappa shape index (κ3) is 2.66. The molecule has 0 spiro atoms. The Kier molecular flexibility index (Phi) is 3.56. The van der Waals surface area contributed by atoms with Crippen LogP contribution in [0.15, 0.2) is 16.5 Å². The molecule has 0 aliphatic heterocycles. The molecule has 0 saturated heterocycles. The molecule has 3 rings (SSSR count). The van der Waals surface area contributed by atoms with Crippen molar-refractivity contribution in [2.75, 3.05) is 11.9 Å². The Labute approximate surface area is 129 Å². The van der Waals surface area contributed by atoms with E-state index < -0.39 is 0 Å². The fraction of sp³-hybridized carbons (Fsp3) is 0.467. The second-order valence-corrected chi connectivity index (χ2v) is 5.82. The molecular formula is C15H20N6O. The molecule has 0 fully saturated rings. The summed E-state index contributed by atoms with van der Waals surface area (Å²) < 4.78 is 7.31. The van der Waals surface area contributed by atoms with Crippen LogP contribution < -0.4 is 4.90 Å². The zero-order chi connectivity index (χ0) is 15.9. The molecule has 0 saturated carbocycles. The monoisotopic (exact) mass is 300 g/mol. The highest BCUT2D eigenvalue weighted by Gasteiger charge is 2.15. The maximum atomic E-state index is 5.46. The minimum atomic E-state index is 0.345. The number of fused-ring (bicyclic) bond motifs is 1. The highest BCUT2D eigenvalue weighted by atomic mass is 16.4. The molecule has 7 nitrogen and oxygen atoms in total. The van der Waals surface area contributed by atoms with Crippen LogP contribution >= 0.6 is 0 Å². The normalized spacial score (nSPS) is 11.5. The van der Waals surface area contributed by atoms with Gasteiger partial charge in [0.1, 0.15) is 5.82 Å². The molecule has 3 aromatic heterocycles. The molecule has 0 amide bonds. The van der Waals surface area contributed by atoms with Crippen LogP contribution in [0.4, 0.5) is 5.82 Å². The summed E-state index contributed by atoms with van der Waals surface area (Å²) in [5.74, 6) is 2.46. The van der Waals surface area contributed by atoms with E-state index in [-0.39, 0.29) is 0 Å².